The number of hydrogen-bond donors (Lipinski definition) is 3. The molecule has 4 aromatic rings. The summed E-state index contributed by atoms with van der Waals surface area (Å²) < 4.78 is 46.8. The Morgan fingerprint density at radius 1 is 0.822 bits per heavy atom. The monoisotopic (exact) mass is 650 g/mol. The highest BCUT2D eigenvalue weighted by Crippen LogP contribution is 2.38. The molecule has 0 saturated carbocycles. The Morgan fingerprint density at radius 3 is 2.36 bits per heavy atom. The van der Waals surface area contributed by atoms with Crippen LogP contribution in [-0.2, 0) is 21.5 Å². The molecule has 3 N–H and O–H groups in total. The van der Waals surface area contributed by atoms with E-state index in [0.29, 0.717) is 47.0 Å². The molecule has 4 rings (SSSR count). The van der Waals surface area contributed by atoms with Crippen LogP contribution in [0.5, 0.6) is 5.75 Å². The maximum absolute atomic E-state index is 12.5. The molecule has 4 aromatic carbocycles. The summed E-state index contributed by atoms with van der Waals surface area (Å²) in [7, 11) is -4.55. The largest absolute Gasteiger partial charge is 0.494 e. The third-order valence-electron chi connectivity index (χ3n) is 7.34. The molecule has 0 aliphatic rings. The molecule has 0 radical (unpaired) electrons. The smallest absolute Gasteiger partial charge is 0.295 e. The quantitative estimate of drug-likeness (QED) is 0.0732. The van der Waals surface area contributed by atoms with Gasteiger partial charge >= 0.3 is 0 Å². The molecule has 45 heavy (non-hydrogen) atoms. The second-order valence-electron chi connectivity index (χ2n) is 10.8. The molecule has 0 saturated heterocycles. The van der Waals surface area contributed by atoms with E-state index in [4.69, 9.17) is 14.6 Å². The van der Waals surface area contributed by atoms with Crippen molar-refractivity contribution in [3.63, 3.8) is 0 Å². The maximum Gasteiger partial charge on any atom is 0.295 e. The van der Waals surface area contributed by atoms with Gasteiger partial charge in [-0.05, 0) is 83.5 Å². The number of rotatable bonds is 18. The lowest BCUT2D eigenvalue weighted by Crippen LogP contribution is -2.05. The summed E-state index contributed by atoms with van der Waals surface area (Å²) in [5, 5.41) is 20.4. The van der Waals surface area contributed by atoms with Crippen molar-refractivity contribution in [3.8, 4) is 16.9 Å². The van der Waals surface area contributed by atoms with E-state index in [0.717, 1.165) is 54.7 Å². The highest BCUT2D eigenvalue weighted by Gasteiger charge is 2.21. The van der Waals surface area contributed by atoms with Crippen LogP contribution in [0.25, 0.3) is 11.1 Å². The van der Waals surface area contributed by atoms with Crippen LogP contribution in [0.1, 0.15) is 68.2 Å². The second-order valence-corrected chi connectivity index (χ2v) is 13.3. The highest BCUT2D eigenvalue weighted by molar-refractivity contribution is 8.00. The van der Waals surface area contributed by atoms with Crippen LogP contribution in [0, 0.1) is 0 Å². The van der Waals surface area contributed by atoms with E-state index in [1.165, 1.54) is 17.8 Å². The summed E-state index contributed by atoms with van der Waals surface area (Å²) in [4.78, 5) is 0.991. The van der Waals surface area contributed by atoms with Gasteiger partial charge in [-0.1, -0.05) is 92.5 Å². The normalized spacial score (nSPS) is 12.3. The van der Waals surface area contributed by atoms with Gasteiger partial charge in [0.05, 0.1) is 13.2 Å². The van der Waals surface area contributed by atoms with E-state index < -0.39 is 16.2 Å². The molecule has 0 amide bonds. The first-order valence-corrected chi connectivity index (χ1v) is 17.6. The van der Waals surface area contributed by atoms with Gasteiger partial charge in [-0.25, -0.2) is 0 Å². The fourth-order valence-corrected chi connectivity index (χ4v) is 6.78. The van der Waals surface area contributed by atoms with E-state index in [-0.39, 0.29) is 11.5 Å². The van der Waals surface area contributed by atoms with Crippen molar-refractivity contribution in [1.29, 1.82) is 0 Å². The molecule has 0 spiro atoms. The fraction of sp³-hybridized carbons (Fsp3) is 0.333. The van der Waals surface area contributed by atoms with Crippen molar-refractivity contribution in [2.24, 2.45) is 0 Å². The maximum atomic E-state index is 12.5. The van der Waals surface area contributed by atoms with E-state index in [1.807, 2.05) is 72.8 Å². The number of aliphatic hydroxyl groups is 2. The van der Waals surface area contributed by atoms with Crippen molar-refractivity contribution >= 4 is 21.9 Å². The summed E-state index contributed by atoms with van der Waals surface area (Å²) in [5.74, 6) is 0.747. The van der Waals surface area contributed by atoms with Gasteiger partial charge < -0.3 is 19.7 Å². The van der Waals surface area contributed by atoms with Gasteiger partial charge in [-0.15, -0.1) is 0 Å². The van der Waals surface area contributed by atoms with Gasteiger partial charge in [0.2, 0.25) is 0 Å². The molecule has 240 valence electrons. The lowest BCUT2D eigenvalue weighted by molar-refractivity contribution is 0.116. The van der Waals surface area contributed by atoms with Gasteiger partial charge in [0, 0.05) is 23.0 Å². The predicted octanol–water partition coefficient (Wildman–Crippen LogP) is 8.08. The van der Waals surface area contributed by atoms with Crippen molar-refractivity contribution in [2.75, 3.05) is 19.8 Å². The van der Waals surface area contributed by atoms with Crippen LogP contribution in [0.3, 0.4) is 0 Å². The summed E-state index contributed by atoms with van der Waals surface area (Å²) in [6.45, 7) is 4.01. The lowest BCUT2D eigenvalue weighted by Gasteiger charge is -2.18. The number of hydrogen-bond acceptors (Lipinski definition) is 7. The van der Waals surface area contributed by atoms with Crippen molar-refractivity contribution in [1.82, 2.24) is 0 Å². The number of benzene rings is 4. The number of aliphatic hydroxyl groups excluding tert-OH is 2. The van der Waals surface area contributed by atoms with Crippen molar-refractivity contribution < 1.29 is 32.7 Å². The molecule has 1 atom stereocenters. The average Bonchev–Trinajstić information content (AvgIpc) is 3.05. The molecular formula is C36H42O7S2. The fourth-order valence-electron chi connectivity index (χ4n) is 4.92. The SMILES string of the molecule is CCCCOc1ccc(Sc2ccc(-c3ccccc3C(O)c3cccc(COCCCCCCO)c3)cc2S(=O)(=O)O)cc1. The Kier molecular flexibility index (Phi) is 13.5. The Morgan fingerprint density at radius 2 is 1.60 bits per heavy atom. The molecular weight excluding hydrogens is 609 g/mol. The zero-order valence-electron chi connectivity index (χ0n) is 25.6. The number of ether oxygens (including phenoxy) is 2. The van der Waals surface area contributed by atoms with Crippen molar-refractivity contribution in [3.05, 3.63) is 108 Å². The first kappa shape index (κ1) is 34.7. The predicted molar refractivity (Wildman–Crippen MR) is 178 cm³/mol. The topological polar surface area (TPSA) is 113 Å². The van der Waals surface area contributed by atoms with Crippen LogP contribution in [0.4, 0.5) is 0 Å². The first-order chi connectivity index (χ1) is 21.8. The second kappa shape index (κ2) is 17.5. The van der Waals surface area contributed by atoms with E-state index in [1.54, 1.807) is 12.1 Å². The van der Waals surface area contributed by atoms with E-state index in [9.17, 15) is 18.1 Å². The van der Waals surface area contributed by atoms with E-state index in [2.05, 4.69) is 6.92 Å². The Balaban J connectivity index is 1.52. The molecule has 9 heteroatoms. The van der Waals surface area contributed by atoms with Crippen LogP contribution < -0.4 is 4.74 Å². The summed E-state index contributed by atoms with van der Waals surface area (Å²) in [6.07, 6.45) is 4.78. The van der Waals surface area contributed by atoms with E-state index >= 15 is 0 Å². The lowest BCUT2D eigenvalue weighted by atomic mass is 9.92. The van der Waals surface area contributed by atoms with Crippen LogP contribution in [0.15, 0.2) is 106 Å². The van der Waals surface area contributed by atoms with Gasteiger partial charge in [0.15, 0.2) is 0 Å². The summed E-state index contributed by atoms with van der Waals surface area (Å²) in [5.41, 5.74) is 3.46. The summed E-state index contributed by atoms with van der Waals surface area (Å²) >= 11 is 1.24. The summed E-state index contributed by atoms with van der Waals surface area (Å²) in [6, 6.07) is 27.2. The molecule has 1 unspecified atom stereocenters. The van der Waals surface area contributed by atoms with Gasteiger partial charge in [0.1, 0.15) is 16.7 Å². The van der Waals surface area contributed by atoms with Crippen molar-refractivity contribution in [2.45, 2.75) is 72.8 Å². The van der Waals surface area contributed by atoms with Gasteiger partial charge in [-0.2, -0.15) is 8.42 Å². The Labute approximate surface area is 271 Å². The minimum Gasteiger partial charge on any atom is -0.494 e. The zero-order valence-corrected chi connectivity index (χ0v) is 27.2. The average molecular weight is 651 g/mol. The third kappa shape index (κ3) is 10.4. The molecule has 0 aromatic heterocycles. The van der Waals surface area contributed by atoms with Crippen LogP contribution in [0.2, 0.25) is 0 Å². The third-order valence-corrected chi connectivity index (χ3v) is 9.45. The molecule has 0 bridgehead atoms. The molecule has 7 nitrogen and oxygen atoms in total. The molecule has 0 aliphatic carbocycles. The zero-order chi connectivity index (χ0) is 32.1. The number of unbranched alkanes of at least 4 members (excludes halogenated alkanes) is 4. The minimum atomic E-state index is -4.55. The molecule has 0 fully saturated rings. The highest BCUT2D eigenvalue weighted by atomic mass is 32.2. The molecule has 0 aliphatic heterocycles. The van der Waals surface area contributed by atoms with Gasteiger partial charge in [0.25, 0.3) is 10.1 Å². The standard InChI is InChI=1S/C36H42O7S2/c1-2-3-23-43-30-16-18-31(19-17-30)44-34-20-15-28(25-35(34)45(39,40)41)32-13-6-7-14-33(32)36(38)29-12-10-11-27(24-29)26-42-22-9-5-4-8-21-37/h6-7,10-20,24-25,36-38H,2-5,8-9,21-23,26H2,1H3,(H,39,40,41). The van der Waals surface area contributed by atoms with Crippen LogP contribution in [-0.4, -0.2) is 43.0 Å². The van der Waals surface area contributed by atoms with Crippen LogP contribution >= 0.6 is 11.8 Å². The Hall–Kier alpha value is -3.18. The van der Waals surface area contributed by atoms with Gasteiger partial charge in [-0.3, -0.25) is 4.55 Å². The molecule has 0 heterocycles. The Bertz CT molecular complexity index is 1600. The minimum absolute atomic E-state index is 0.201. The first-order valence-electron chi connectivity index (χ1n) is 15.4.